The van der Waals surface area contributed by atoms with E-state index in [1.807, 2.05) is 43.3 Å². The van der Waals surface area contributed by atoms with Gasteiger partial charge in [0.25, 0.3) is 0 Å². The van der Waals surface area contributed by atoms with E-state index in [9.17, 15) is 15.3 Å². The fourth-order valence-corrected chi connectivity index (χ4v) is 4.95. The van der Waals surface area contributed by atoms with Crippen molar-refractivity contribution in [2.45, 2.75) is 38.5 Å². The minimum atomic E-state index is -0.382. The Morgan fingerprint density at radius 2 is 1.80 bits per heavy atom. The van der Waals surface area contributed by atoms with Gasteiger partial charge in [-0.2, -0.15) is 0 Å². The maximum Gasteiger partial charge on any atom is 0.150 e. The van der Waals surface area contributed by atoms with Crippen LogP contribution >= 0.6 is 0 Å². The molecular weight excluding hydrogens is 442 g/mol. The first kappa shape index (κ1) is 23.3. The summed E-state index contributed by atoms with van der Waals surface area (Å²) in [5.74, 6) is 1.85. The van der Waals surface area contributed by atoms with Crippen LogP contribution in [0.3, 0.4) is 0 Å². The van der Waals surface area contributed by atoms with E-state index >= 15 is 0 Å². The van der Waals surface area contributed by atoms with E-state index in [1.165, 1.54) is 0 Å². The first-order valence-corrected chi connectivity index (χ1v) is 12.0. The molecule has 0 amide bonds. The Bertz CT molecular complexity index is 1240. The summed E-state index contributed by atoms with van der Waals surface area (Å²) in [7, 11) is 0. The number of phenols is 2. The van der Waals surface area contributed by atoms with Gasteiger partial charge in [-0.15, -0.1) is 0 Å². The van der Waals surface area contributed by atoms with Gasteiger partial charge in [0.2, 0.25) is 0 Å². The van der Waals surface area contributed by atoms with E-state index in [0.717, 1.165) is 46.6 Å². The molecule has 2 heterocycles. The molecule has 182 valence electrons. The first-order chi connectivity index (χ1) is 16.9. The zero-order valence-electron chi connectivity index (χ0n) is 20.0. The molecule has 3 N–H and O–H groups in total. The number of allylic oxidation sites excluding steroid dienone is 1. The number of hydrogen-bond acceptors (Lipinski definition) is 6. The molecule has 0 aliphatic carbocycles. The highest BCUT2D eigenvalue weighted by Crippen LogP contribution is 2.47. The third-order valence-corrected chi connectivity index (χ3v) is 6.93. The molecule has 0 aromatic heterocycles. The monoisotopic (exact) mass is 473 g/mol. The molecule has 0 saturated carbocycles. The minimum Gasteiger partial charge on any atom is -0.508 e. The topological polar surface area (TPSA) is 82.4 Å². The highest BCUT2D eigenvalue weighted by molar-refractivity contribution is 5.95. The maximum absolute atomic E-state index is 10.1. The fourth-order valence-electron chi connectivity index (χ4n) is 4.95. The third kappa shape index (κ3) is 4.85. The quantitative estimate of drug-likeness (QED) is 0.468. The van der Waals surface area contributed by atoms with Gasteiger partial charge in [-0.25, -0.2) is 0 Å². The largest absolute Gasteiger partial charge is 0.508 e. The van der Waals surface area contributed by atoms with E-state index in [4.69, 9.17) is 9.47 Å². The van der Waals surface area contributed by atoms with Crippen LogP contribution in [-0.4, -0.2) is 52.1 Å². The highest BCUT2D eigenvalue weighted by Gasteiger charge is 2.30. The lowest BCUT2D eigenvalue weighted by Gasteiger charge is -2.31. The SMILES string of the molecule is CC1=C(c2cccc(O)c2)C(c2ccc(OCC(C)N3CCC(O)C3)cc2)Oc2ccc(O)cc21. The van der Waals surface area contributed by atoms with Gasteiger partial charge in [0.1, 0.15) is 35.7 Å². The Labute approximate surface area is 205 Å². The number of β-amino-alcohol motifs (C(OH)–C–C–N with tert-alkyl or cyclic N) is 1. The lowest BCUT2D eigenvalue weighted by Crippen LogP contribution is -2.36. The minimum absolute atomic E-state index is 0.180. The summed E-state index contributed by atoms with van der Waals surface area (Å²) in [5.41, 5.74) is 4.59. The van der Waals surface area contributed by atoms with Gasteiger partial charge < -0.3 is 24.8 Å². The summed E-state index contributed by atoms with van der Waals surface area (Å²) in [4.78, 5) is 2.25. The van der Waals surface area contributed by atoms with E-state index in [-0.39, 0.29) is 29.7 Å². The van der Waals surface area contributed by atoms with Crippen molar-refractivity contribution in [3.05, 3.63) is 83.4 Å². The number of likely N-dealkylation sites (tertiary alicyclic amines) is 1. The molecule has 0 spiro atoms. The van der Waals surface area contributed by atoms with Crippen molar-refractivity contribution in [1.29, 1.82) is 0 Å². The molecule has 5 rings (SSSR count). The Kier molecular flexibility index (Phi) is 6.41. The summed E-state index contributed by atoms with van der Waals surface area (Å²) in [6.45, 7) is 6.28. The number of fused-ring (bicyclic) bond motifs is 1. The number of hydrogen-bond donors (Lipinski definition) is 3. The number of rotatable bonds is 6. The average molecular weight is 474 g/mol. The zero-order valence-corrected chi connectivity index (χ0v) is 20.0. The second-order valence-corrected chi connectivity index (χ2v) is 9.43. The molecule has 1 fully saturated rings. The number of phenolic OH excluding ortho intramolecular Hbond substituents is 2. The van der Waals surface area contributed by atoms with E-state index in [0.29, 0.717) is 18.9 Å². The molecule has 6 heteroatoms. The van der Waals surface area contributed by atoms with Crippen LogP contribution in [0, 0.1) is 0 Å². The van der Waals surface area contributed by atoms with Crippen molar-refractivity contribution < 1.29 is 24.8 Å². The number of benzene rings is 3. The molecule has 3 unspecified atom stereocenters. The van der Waals surface area contributed by atoms with Gasteiger partial charge >= 0.3 is 0 Å². The van der Waals surface area contributed by atoms with Crippen molar-refractivity contribution in [2.24, 2.45) is 0 Å². The van der Waals surface area contributed by atoms with Gasteiger partial charge in [-0.1, -0.05) is 24.3 Å². The fraction of sp³-hybridized carbons (Fsp3) is 0.310. The van der Waals surface area contributed by atoms with Crippen LogP contribution in [0.4, 0.5) is 0 Å². The third-order valence-electron chi connectivity index (χ3n) is 6.93. The van der Waals surface area contributed by atoms with Gasteiger partial charge in [-0.05, 0) is 79.4 Å². The number of ether oxygens (including phenoxy) is 2. The van der Waals surface area contributed by atoms with Crippen LogP contribution in [0.25, 0.3) is 11.1 Å². The Morgan fingerprint density at radius 1 is 1.03 bits per heavy atom. The zero-order chi connectivity index (χ0) is 24.5. The van der Waals surface area contributed by atoms with Crippen LogP contribution in [0.1, 0.15) is 43.1 Å². The summed E-state index contributed by atoms with van der Waals surface area (Å²) in [6.07, 6.45) is 0.198. The van der Waals surface area contributed by atoms with Crippen molar-refractivity contribution in [1.82, 2.24) is 4.90 Å². The van der Waals surface area contributed by atoms with Crippen LogP contribution in [0.15, 0.2) is 66.7 Å². The lowest BCUT2D eigenvalue weighted by molar-refractivity contribution is 0.137. The van der Waals surface area contributed by atoms with Gasteiger partial charge in [-0.3, -0.25) is 4.90 Å². The Balaban J connectivity index is 1.41. The predicted molar refractivity (Wildman–Crippen MR) is 136 cm³/mol. The maximum atomic E-state index is 10.1. The van der Waals surface area contributed by atoms with E-state index in [1.54, 1.807) is 30.3 Å². The Morgan fingerprint density at radius 3 is 2.51 bits per heavy atom. The van der Waals surface area contributed by atoms with Crippen molar-refractivity contribution in [2.75, 3.05) is 19.7 Å². The molecule has 0 bridgehead atoms. The van der Waals surface area contributed by atoms with Gasteiger partial charge in [0, 0.05) is 30.3 Å². The molecule has 2 aliphatic rings. The average Bonchev–Trinajstić information content (AvgIpc) is 3.29. The summed E-state index contributed by atoms with van der Waals surface area (Å²) >= 11 is 0. The molecule has 3 aromatic rings. The van der Waals surface area contributed by atoms with Gasteiger partial charge in [0.15, 0.2) is 0 Å². The molecule has 35 heavy (non-hydrogen) atoms. The second-order valence-electron chi connectivity index (χ2n) is 9.43. The number of aliphatic hydroxyl groups excluding tert-OH is 1. The highest BCUT2D eigenvalue weighted by atomic mass is 16.5. The molecule has 2 aliphatic heterocycles. The predicted octanol–water partition coefficient (Wildman–Crippen LogP) is 5.00. The van der Waals surface area contributed by atoms with Crippen molar-refractivity contribution in [3.8, 4) is 23.0 Å². The summed E-state index contributed by atoms with van der Waals surface area (Å²) < 4.78 is 12.5. The number of aliphatic hydroxyl groups is 1. The number of nitrogens with zero attached hydrogens (tertiary/aromatic N) is 1. The summed E-state index contributed by atoms with van der Waals surface area (Å²) in [6, 6.07) is 20.4. The van der Waals surface area contributed by atoms with E-state index < -0.39 is 0 Å². The van der Waals surface area contributed by atoms with Crippen LogP contribution in [0.5, 0.6) is 23.0 Å². The first-order valence-electron chi connectivity index (χ1n) is 12.0. The van der Waals surface area contributed by atoms with E-state index in [2.05, 4.69) is 11.8 Å². The van der Waals surface area contributed by atoms with Crippen LogP contribution in [0.2, 0.25) is 0 Å². The Hall–Kier alpha value is -3.48. The molecule has 3 aromatic carbocycles. The number of aromatic hydroxyl groups is 2. The van der Waals surface area contributed by atoms with Gasteiger partial charge in [0.05, 0.1) is 6.10 Å². The summed E-state index contributed by atoms with van der Waals surface area (Å²) in [5, 5.41) is 29.9. The van der Waals surface area contributed by atoms with Crippen molar-refractivity contribution in [3.63, 3.8) is 0 Å². The van der Waals surface area contributed by atoms with Crippen LogP contribution in [-0.2, 0) is 0 Å². The molecule has 3 atom stereocenters. The smallest absolute Gasteiger partial charge is 0.150 e. The molecule has 1 saturated heterocycles. The molecule has 6 nitrogen and oxygen atoms in total. The van der Waals surface area contributed by atoms with Crippen LogP contribution < -0.4 is 9.47 Å². The lowest BCUT2D eigenvalue weighted by atomic mass is 9.86. The molecular formula is C29H31NO5. The second kappa shape index (κ2) is 9.64. The van der Waals surface area contributed by atoms with Crippen molar-refractivity contribution >= 4 is 11.1 Å². The normalized spacial score (nSPS) is 20.9. The molecule has 0 radical (unpaired) electrons. The standard InChI is InChI=1S/C29H31NO5/c1-18(30-13-12-24(33)16-30)17-34-25-9-6-20(7-10-25)29-28(21-4-3-5-22(31)14-21)19(2)26-15-23(32)8-11-27(26)35-29/h3-11,14-15,18,24,29,31-33H,12-13,16-17H2,1-2H3.